The molecule has 1 aliphatic heterocycles. The topological polar surface area (TPSA) is 65.4 Å². The van der Waals surface area contributed by atoms with Crippen molar-refractivity contribution >= 4 is 17.3 Å². The Labute approximate surface area is 159 Å². The first-order chi connectivity index (χ1) is 13.2. The first-order valence-electron chi connectivity index (χ1n) is 8.58. The predicted molar refractivity (Wildman–Crippen MR) is 108 cm³/mol. The van der Waals surface area contributed by atoms with E-state index in [1.165, 1.54) is 0 Å². The molecule has 1 aliphatic rings. The molecule has 130 valence electrons. The van der Waals surface area contributed by atoms with Crippen LogP contribution >= 0.6 is 0 Å². The van der Waals surface area contributed by atoms with Gasteiger partial charge in [-0.3, -0.25) is 0 Å². The molecule has 0 unspecified atom stereocenters. The average Bonchev–Trinajstić information content (AvgIpc) is 2.99. The van der Waals surface area contributed by atoms with E-state index in [2.05, 4.69) is 30.9 Å². The zero-order valence-electron chi connectivity index (χ0n) is 14.8. The van der Waals surface area contributed by atoms with Crippen molar-refractivity contribution in [2.75, 3.05) is 0 Å². The molecule has 0 atom stereocenters. The number of imidazole rings is 1. The van der Waals surface area contributed by atoms with Crippen molar-refractivity contribution in [2.45, 2.75) is 12.8 Å². The maximum Gasteiger partial charge on any atom is 0.117 e. The first kappa shape index (κ1) is 17.9. The van der Waals surface area contributed by atoms with Crippen LogP contribution in [0.1, 0.15) is 29.1 Å². The van der Waals surface area contributed by atoms with E-state index in [4.69, 9.17) is 15.5 Å². The van der Waals surface area contributed by atoms with Crippen LogP contribution < -0.4 is 0 Å². The summed E-state index contributed by atoms with van der Waals surface area (Å²) in [7, 11) is 0. The lowest BCUT2D eigenvalue weighted by Crippen LogP contribution is -1.92. The van der Waals surface area contributed by atoms with E-state index in [-0.39, 0.29) is 0 Å². The van der Waals surface area contributed by atoms with Gasteiger partial charge in [-0.25, -0.2) is 4.98 Å². The Morgan fingerprint density at radius 3 is 2.78 bits per heavy atom. The Morgan fingerprint density at radius 2 is 2.07 bits per heavy atom. The van der Waals surface area contributed by atoms with Gasteiger partial charge in [-0.1, -0.05) is 55.2 Å². The van der Waals surface area contributed by atoms with Gasteiger partial charge in [0, 0.05) is 24.4 Å². The summed E-state index contributed by atoms with van der Waals surface area (Å²) in [6, 6.07) is 11.8. The molecule has 0 radical (unpaired) electrons. The number of aromatic nitrogens is 2. The third-order valence-electron chi connectivity index (χ3n) is 4.13. The largest absolute Gasteiger partial charge is 0.309 e. The molecule has 4 heteroatoms. The van der Waals surface area contributed by atoms with Crippen molar-refractivity contribution in [3.63, 3.8) is 0 Å². The lowest BCUT2D eigenvalue weighted by molar-refractivity contribution is 0.976. The van der Waals surface area contributed by atoms with Gasteiger partial charge in [0.15, 0.2) is 0 Å². The Morgan fingerprint density at radius 1 is 1.26 bits per heavy atom. The zero-order valence-corrected chi connectivity index (χ0v) is 14.8. The van der Waals surface area contributed by atoms with E-state index >= 15 is 0 Å². The summed E-state index contributed by atoms with van der Waals surface area (Å²) < 4.78 is 2.03. The van der Waals surface area contributed by atoms with Gasteiger partial charge in [0.05, 0.1) is 29.8 Å². The van der Waals surface area contributed by atoms with Gasteiger partial charge in [-0.05, 0) is 23.3 Å². The van der Waals surface area contributed by atoms with Crippen molar-refractivity contribution in [3.05, 3.63) is 96.1 Å². The summed E-state index contributed by atoms with van der Waals surface area (Å²) in [5, 5.41) is 17.7. The highest BCUT2D eigenvalue weighted by atomic mass is 15.1. The molecule has 0 amide bonds. The van der Waals surface area contributed by atoms with E-state index in [9.17, 15) is 0 Å². The van der Waals surface area contributed by atoms with Crippen molar-refractivity contribution < 1.29 is 0 Å². The van der Waals surface area contributed by atoms with E-state index < -0.39 is 0 Å². The number of rotatable bonds is 5. The standard InChI is InChI=1S/C23H18N4/c1-2-6-20(7-3-4-14-24)22-17-27-16-21(8-5-9-23(27)26-22)19-12-10-18(15-25)11-13-19/h2-3,5-8,10-13,16-17H,1,4,9H2/b7-3-,20-6+. The molecule has 2 heterocycles. The molecule has 0 saturated carbocycles. The molecule has 0 bridgehead atoms. The normalized spacial score (nSPS) is 13.4. The van der Waals surface area contributed by atoms with Gasteiger partial charge in [0.25, 0.3) is 0 Å². The van der Waals surface area contributed by atoms with Crippen LogP contribution in [-0.2, 0) is 6.42 Å². The molecule has 2 aromatic rings. The van der Waals surface area contributed by atoms with Crippen LogP contribution in [0.2, 0.25) is 0 Å². The second kappa shape index (κ2) is 8.47. The van der Waals surface area contributed by atoms with Crippen molar-refractivity contribution in [1.82, 2.24) is 9.55 Å². The Kier molecular flexibility index (Phi) is 5.62. The van der Waals surface area contributed by atoms with Gasteiger partial charge in [0.2, 0.25) is 0 Å². The molecular weight excluding hydrogens is 332 g/mol. The average molecular weight is 350 g/mol. The van der Waals surface area contributed by atoms with E-state index in [1.54, 1.807) is 6.08 Å². The number of fused-ring (bicyclic) bond motifs is 1. The monoisotopic (exact) mass is 350 g/mol. The highest BCUT2D eigenvalue weighted by Gasteiger charge is 2.11. The van der Waals surface area contributed by atoms with Crippen LogP contribution in [0.3, 0.4) is 0 Å². The fourth-order valence-electron chi connectivity index (χ4n) is 2.82. The molecular formula is C23H18N4. The maximum atomic E-state index is 8.96. The van der Waals surface area contributed by atoms with E-state index in [0.717, 1.165) is 34.6 Å². The number of hydrogen-bond acceptors (Lipinski definition) is 3. The molecule has 1 aromatic carbocycles. The fourth-order valence-corrected chi connectivity index (χ4v) is 2.82. The van der Waals surface area contributed by atoms with Crippen molar-refractivity contribution in [1.29, 1.82) is 10.5 Å². The van der Waals surface area contributed by atoms with E-state index in [1.807, 2.05) is 59.5 Å². The van der Waals surface area contributed by atoms with Crippen molar-refractivity contribution in [3.8, 4) is 12.1 Å². The quantitative estimate of drug-likeness (QED) is 0.720. The third-order valence-corrected chi connectivity index (χ3v) is 4.13. The lowest BCUT2D eigenvalue weighted by atomic mass is 10.0. The van der Waals surface area contributed by atoms with Gasteiger partial charge in [-0.15, -0.1) is 0 Å². The fraction of sp³-hybridized carbons (Fsp3) is 0.0870. The molecule has 0 fully saturated rings. The minimum absolute atomic E-state index is 0.355. The summed E-state index contributed by atoms with van der Waals surface area (Å²) >= 11 is 0. The smallest absolute Gasteiger partial charge is 0.117 e. The Hall–Kier alpha value is -3.89. The highest BCUT2D eigenvalue weighted by Crippen LogP contribution is 2.24. The molecule has 27 heavy (non-hydrogen) atoms. The van der Waals surface area contributed by atoms with E-state index in [0.29, 0.717) is 12.0 Å². The second-order valence-electron chi connectivity index (χ2n) is 5.95. The van der Waals surface area contributed by atoms with Gasteiger partial charge >= 0.3 is 0 Å². The molecule has 1 aromatic heterocycles. The Balaban J connectivity index is 1.96. The van der Waals surface area contributed by atoms with Crippen LogP contribution in [0, 0.1) is 22.7 Å². The maximum absolute atomic E-state index is 8.96. The minimum Gasteiger partial charge on any atom is -0.309 e. The molecule has 3 rings (SSSR count). The molecule has 0 saturated heterocycles. The number of benzene rings is 1. The van der Waals surface area contributed by atoms with Crippen LogP contribution in [-0.4, -0.2) is 9.55 Å². The summed E-state index contributed by atoms with van der Waals surface area (Å²) in [4.78, 5) is 4.74. The summed E-state index contributed by atoms with van der Waals surface area (Å²) in [5.74, 6) is 0.938. The van der Waals surface area contributed by atoms with Crippen molar-refractivity contribution in [2.24, 2.45) is 0 Å². The molecule has 0 spiro atoms. The lowest BCUT2D eigenvalue weighted by Gasteiger charge is -2.03. The second-order valence-corrected chi connectivity index (χ2v) is 5.95. The van der Waals surface area contributed by atoms with Gasteiger partial charge in [-0.2, -0.15) is 10.5 Å². The summed E-state index contributed by atoms with van der Waals surface area (Å²) in [6.07, 6.45) is 16.6. The molecule has 0 N–H and O–H groups in total. The number of allylic oxidation sites excluding steroid dienone is 8. The van der Waals surface area contributed by atoms with Crippen LogP contribution in [0.15, 0.2) is 73.5 Å². The van der Waals surface area contributed by atoms with Gasteiger partial charge in [0.1, 0.15) is 5.82 Å². The van der Waals surface area contributed by atoms with Crippen LogP contribution in [0.25, 0.3) is 17.3 Å². The predicted octanol–water partition coefficient (Wildman–Crippen LogP) is 4.90. The number of nitrogens with zero attached hydrogens (tertiary/aromatic N) is 4. The molecule has 4 nitrogen and oxygen atoms in total. The number of nitriles is 2. The number of hydrogen-bond donors (Lipinski definition) is 0. The highest BCUT2D eigenvalue weighted by molar-refractivity contribution is 5.84. The summed E-state index contributed by atoms with van der Waals surface area (Å²) in [6.45, 7) is 3.76. The zero-order chi connectivity index (χ0) is 19.1. The van der Waals surface area contributed by atoms with Crippen LogP contribution in [0.5, 0.6) is 0 Å². The molecule has 0 aliphatic carbocycles. The Bertz CT molecular complexity index is 1050. The third kappa shape index (κ3) is 4.21. The van der Waals surface area contributed by atoms with Gasteiger partial charge < -0.3 is 4.57 Å². The first-order valence-corrected chi connectivity index (χ1v) is 8.58. The van der Waals surface area contributed by atoms with Crippen LogP contribution in [0.4, 0.5) is 0 Å². The minimum atomic E-state index is 0.355. The SMILES string of the molecule is C=C/C=C(\C=C/CC#N)c1cn2c(n1)CC=CC(c1ccc(C#N)cc1)=C2. The summed E-state index contributed by atoms with van der Waals surface area (Å²) in [5.41, 5.74) is 4.49.